The number of nitrogens with zero attached hydrogens (tertiary/aromatic N) is 4. The number of thiophene rings is 1. The van der Waals surface area contributed by atoms with Crippen molar-refractivity contribution in [3.8, 4) is 12.1 Å². The number of nitro benzene ring substituents is 1. The van der Waals surface area contributed by atoms with Gasteiger partial charge >= 0.3 is 0 Å². The predicted molar refractivity (Wildman–Crippen MR) is 124 cm³/mol. The van der Waals surface area contributed by atoms with Crippen LogP contribution < -0.4 is 10.2 Å². The number of hydrogen-bond donors (Lipinski definition) is 1. The quantitative estimate of drug-likeness (QED) is 0.309. The molecule has 0 radical (unpaired) electrons. The van der Waals surface area contributed by atoms with Gasteiger partial charge in [0.05, 0.1) is 23.7 Å². The van der Waals surface area contributed by atoms with E-state index in [4.69, 9.17) is 4.74 Å². The van der Waals surface area contributed by atoms with Crippen molar-refractivity contribution < 1.29 is 14.5 Å². The molecule has 4 rings (SSSR count). The van der Waals surface area contributed by atoms with Gasteiger partial charge < -0.3 is 15.0 Å². The summed E-state index contributed by atoms with van der Waals surface area (Å²) in [4.78, 5) is 27.0. The molecule has 2 heterocycles. The molecule has 2 aliphatic rings. The second-order valence-electron chi connectivity index (χ2n) is 7.76. The van der Waals surface area contributed by atoms with Crippen LogP contribution >= 0.6 is 11.3 Å². The first-order valence-corrected chi connectivity index (χ1v) is 11.4. The summed E-state index contributed by atoms with van der Waals surface area (Å²) in [5, 5.41) is 34.0. The number of anilines is 2. The van der Waals surface area contributed by atoms with E-state index in [1.807, 2.05) is 11.0 Å². The van der Waals surface area contributed by atoms with Crippen LogP contribution in [0.4, 0.5) is 16.4 Å². The zero-order chi connectivity index (χ0) is 23.4. The van der Waals surface area contributed by atoms with Crippen LogP contribution in [0.15, 0.2) is 23.8 Å². The Labute approximate surface area is 194 Å². The molecule has 1 saturated heterocycles. The maximum atomic E-state index is 12.8. The van der Waals surface area contributed by atoms with E-state index in [-0.39, 0.29) is 11.3 Å². The Balaban J connectivity index is 1.60. The molecule has 2 aromatic rings. The van der Waals surface area contributed by atoms with Crippen LogP contribution in [-0.2, 0) is 22.4 Å². The van der Waals surface area contributed by atoms with Crippen LogP contribution in [0.1, 0.15) is 34.4 Å². The molecule has 168 valence electrons. The fourth-order valence-corrected chi connectivity index (χ4v) is 5.34. The molecule has 1 N–H and O–H groups in total. The van der Waals surface area contributed by atoms with Gasteiger partial charge in [-0.3, -0.25) is 14.9 Å². The number of nitrogens with one attached hydrogen (secondary N) is 1. The van der Waals surface area contributed by atoms with Crippen molar-refractivity contribution in [3.05, 3.63) is 55.5 Å². The number of carbonyl (C=O) groups excluding carboxylic acids is 1. The summed E-state index contributed by atoms with van der Waals surface area (Å²) in [7, 11) is 0. The number of amides is 1. The number of fused-ring (bicyclic) bond motifs is 1. The minimum atomic E-state index is -0.646. The van der Waals surface area contributed by atoms with Gasteiger partial charge in [0.2, 0.25) is 0 Å². The van der Waals surface area contributed by atoms with Gasteiger partial charge in [0.1, 0.15) is 28.4 Å². The predicted octanol–water partition coefficient (Wildman–Crippen LogP) is 3.79. The first kappa shape index (κ1) is 22.5. The van der Waals surface area contributed by atoms with Crippen LogP contribution in [0.25, 0.3) is 6.08 Å². The molecular formula is C23H21N5O4S. The van der Waals surface area contributed by atoms with Crippen LogP contribution in [0.3, 0.4) is 0 Å². The summed E-state index contributed by atoms with van der Waals surface area (Å²) in [6.07, 6.45) is 5.07. The topological polar surface area (TPSA) is 132 Å². The number of carbonyl (C=O) groups is 1. The van der Waals surface area contributed by atoms with Crippen molar-refractivity contribution in [1.29, 1.82) is 10.5 Å². The Bertz CT molecular complexity index is 1210. The molecule has 0 bridgehead atoms. The first-order valence-electron chi connectivity index (χ1n) is 10.6. The molecule has 9 nitrogen and oxygen atoms in total. The standard InChI is InChI=1S/C23H21N5O4S/c24-13-16(22(29)26-23-18(14-25)17-3-1-2-4-21(17)33-23)11-15-5-6-19(20(12-15)28(30)31)27-7-9-32-10-8-27/h5-6,11-12H,1-4,7-10H2,(H,26,29)/b16-11+. The molecule has 1 aliphatic heterocycles. The lowest BCUT2D eigenvalue weighted by Gasteiger charge is -2.28. The van der Waals surface area contributed by atoms with Gasteiger partial charge in [-0.1, -0.05) is 6.07 Å². The Morgan fingerprint density at radius 2 is 2.00 bits per heavy atom. The molecule has 1 amide bonds. The number of benzene rings is 1. The lowest BCUT2D eigenvalue weighted by atomic mass is 9.96. The van der Waals surface area contributed by atoms with E-state index >= 15 is 0 Å². The minimum absolute atomic E-state index is 0.0963. The number of ether oxygens (including phenoxy) is 1. The van der Waals surface area contributed by atoms with E-state index < -0.39 is 10.8 Å². The lowest BCUT2D eigenvalue weighted by molar-refractivity contribution is -0.384. The van der Waals surface area contributed by atoms with Crippen molar-refractivity contribution in [2.24, 2.45) is 0 Å². The SMILES string of the molecule is N#C/C(=C\c1ccc(N2CCOCC2)c([N+](=O)[O-])c1)C(=O)Nc1sc2c(c1C#N)CCCC2. The van der Waals surface area contributed by atoms with Gasteiger partial charge in [-0.15, -0.1) is 11.3 Å². The molecular weight excluding hydrogens is 442 g/mol. The van der Waals surface area contributed by atoms with Crippen molar-refractivity contribution in [2.75, 3.05) is 36.5 Å². The Hall–Kier alpha value is -3.73. The molecule has 0 spiro atoms. The molecule has 33 heavy (non-hydrogen) atoms. The van der Waals surface area contributed by atoms with Crippen LogP contribution in [0, 0.1) is 32.8 Å². The molecule has 1 aromatic carbocycles. The van der Waals surface area contributed by atoms with E-state index in [2.05, 4.69) is 11.4 Å². The number of nitro groups is 1. The van der Waals surface area contributed by atoms with Crippen molar-refractivity contribution in [2.45, 2.75) is 25.7 Å². The van der Waals surface area contributed by atoms with Crippen LogP contribution in [0.2, 0.25) is 0 Å². The fourth-order valence-electron chi connectivity index (χ4n) is 4.11. The van der Waals surface area contributed by atoms with Crippen molar-refractivity contribution >= 4 is 39.7 Å². The summed E-state index contributed by atoms with van der Waals surface area (Å²) in [5.74, 6) is -0.646. The van der Waals surface area contributed by atoms with Gasteiger partial charge in [-0.25, -0.2) is 0 Å². The number of aryl methyl sites for hydroxylation is 1. The van der Waals surface area contributed by atoms with Gasteiger partial charge in [0.25, 0.3) is 11.6 Å². The summed E-state index contributed by atoms with van der Waals surface area (Å²) in [5.41, 5.74) is 2.01. The molecule has 1 aliphatic carbocycles. The summed E-state index contributed by atoms with van der Waals surface area (Å²) in [6, 6.07) is 8.68. The number of rotatable bonds is 5. The van der Waals surface area contributed by atoms with E-state index in [1.165, 1.54) is 23.5 Å². The lowest BCUT2D eigenvalue weighted by Crippen LogP contribution is -2.36. The first-order chi connectivity index (χ1) is 16.0. The third-order valence-electron chi connectivity index (χ3n) is 5.73. The zero-order valence-corrected chi connectivity index (χ0v) is 18.6. The normalized spacial score (nSPS) is 15.8. The Kier molecular flexibility index (Phi) is 6.68. The van der Waals surface area contributed by atoms with Gasteiger partial charge in [-0.2, -0.15) is 10.5 Å². The molecule has 0 atom stereocenters. The second-order valence-corrected chi connectivity index (χ2v) is 8.86. The van der Waals surface area contributed by atoms with Gasteiger partial charge in [0, 0.05) is 24.0 Å². The highest BCUT2D eigenvalue weighted by molar-refractivity contribution is 7.16. The highest BCUT2D eigenvalue weighted by Gasteiger charge is 2.24. The average Bonchev–Trinajstić information content (AvgIpc) is 3.19. The van der Waals surface area contributed by atoms with Crippen LogP contribution in [-0.4, -0.2) is 37.1 Å². The highest BCUT2D eigenvalue weighted by Crippen LogP contribution is 2.38. The van der Waals surface area contributed by atoms with E-state index in [0.29, 0.717) is 48.1 Å². The zero-order valence-electron chi connectivity index (χ0n) is 17.8. The number of nitriles is 2. The maximum Gasteiger partial charge on any atom is 0.293 e. The minimum Gasteiger partial charge on any atom is -0.378 e. The molecule has 0 saturated carbocycles. The average molecular weight is 464 g/mol. The maximum absolute atomic E-state index is 12.8. The summed E-state index contributed by atoms with van der Waals surface area (Å²) >= 11 is 1.38. The van der Waals surface area contributed by atoms with E-state index in [9.17, 15) is 25.4 Å². The monoisotopic (exact) mass is 463 g/mol. The molecule has 1 aromatic heterocycles. The van der Waals surface area contributed by atoms with Gasteiger partial charge in [-0.05, 0) is 49.0 Å². The van der Waals surface area contributed by atoms with E-state index in [1.54, 1.807) is 12.1 Å². The summed E-state index contributed by atoms with van der Waals surface area (Å²) in [6.45, 7) is 2.09. The molecule has 1 fully saturated rings. The second kappa shape index (κ2) is 9.82. The molecule has 0 unspecified atom stereocenters. The number of hydrogen-bond acceptors (Lipinski definition) is 8. The van der Waals surface area contributed by atoms with Crippen LogP contribution in [0.5, 0.6) is 0 Å². The van der Waals surface area contributed by atoms with Crippen molar-refractivity contribution in [3.63, 3.8) is 0 Å². The molecule has 10 heteroatoms. The Morgan fingerprint density at radius 1 is 1.24 bits per heavy atom. The largest absolute Gasteiger partial charge is 0.378 e. The van der Waals surface area contributed by atoms with Gasteiger partial charge in [0.15, 0.2) is 0 Å². The number of morpholine rings is 1. The van der Waals surface area contributed by atoms with Crippen molar-refractivity contribution in [1.82, 2.24) is 0 Å². The fraction of sp³-hybridized carbons (Fsp3) is 0.348. The summed E-state index contributed by atoms with van der Waals surface area (Å²) < 4.78 is 5.31. The highest BCUT2D eigenvalue weighted by atomic mass is 32.1. The van der Waals surface area contributed by atoms with E-state index in [0.717, 1.165) is 36.1 Å². The third kappa shape index (κ3) is 4.72. The smallest absolute Gasteiger partial charge is 0.293 e. The Morgan fingerprint density at radius 3 is 2.70 bits per heavy atom. The third-order valence-corrected chi connectivity index (χ3v) is 6.94.